The average molecular weight is 289 g/mol. The molecule has 0 amide bonds. The fraction of sp³-hybridized carbons (Fsp3) is 0.533. The van der Waals surface area contributed by atoms with Crippen LogP contribution in [0.15, 0.2) is 17.1 Å². The number of nitrogens with zero attached hydrogens (tertiary/aromatic N) is 3. The first-order chi connectivity index (χ1) is 10.0. The maximum Gasteiger partial charge on any atom is 0.340 e. The molecule has 0 bridgehead atoms. The van der Waals surface area contributed by atoms with Gasteiger partial charge in [0.15, 0.2) is 0 Å². The fourth-order valence-electron chi connectivity index (χ4n) is 2.93. The van der Waals surface area contributed by atoms with E-state index >= 15 is 0 Å². The van der Waals surface area contributed by atoms with Gasteiger partial charge in [-0.25, -0.2) is 9.13 Å². The van der Waals surface area contributed by atoms with E-state index in [9.17, 15) is 9.90 Å². The molecule has 6 heteroatoms. The minimum Gasteiger partial charge on any atom is -0.373 e. The van der Waals surface area contributed by atoms with Crippen molar-refractivity contribution in [1.29, 1.82) is 0 Å². The van der Waals surface area contributed by atoms with Gasteiger partial charge in [0, 0.05) is 12.5 Å². The zero-order chi connectivity index (χ0) is 15.1. The van der Waals surface area contributed by atoms with Gasteiger partial charge in [-0.1, -0.05) is 6.92 Å². The molecule has 1 aliphatic heterocycles. The first kappa shape index (κ1) is 14.0. The Morgan fingerprint density at radius 1 is 1.57 bits per heavy atom. The van der Waals surface area contributed by atoms with Crippen molar-refractivity contribution >= 4 is 17.0 Å². The number of aromatic nitrogens is 3. The van der Waals surface area contributed by atoms with Crippen molar-refractivity contribution in [2.24, 2.45) is 0 Å². The monoisotopic (exact) mass is 289 g/mol. The van der Waals surface area contributed by atoms with E-state index in [0.717, 1.165) is 18.5 Å². The predicted molar refractivity (Wildman–Crippen MR) is 80.2 cm³/mol. The molecule has 0 saturated heterocycles. The second-order valence-electron chi connectivity index (χ2n) is 5.76. The number of fused-ring (bicyclic) bond motifs is 2. The topological polar surface area (TPSA) is 71.0 Å². The highest BCUT2D eigenvalue weighted by molar-refractivity contribution is 5.76. The zero-order valence-electron chi connectivity index (χ0n) is 12.6. The number of aryl methyl sites for hydroxylation is 2. The lowest BCUT2D eigenvalue weighted by molar-refractivity contribution is -0.673. The third kappa shape index (κ3) is 2.19. The average Bonchev–Trinajstić information content (AvgIpc) is 2.41. The molecule has 2 aromatic heterocycles. The quantitative estimate of drug-likeness (QED) is 0.812. The van der Waals surface area contributed by atoms with E-state index in [0.29, 0.717) is 23.4 Å². The van der Waals surface area contributed by atoms with Crippen LogP contribution in [0.3, 0.4) is 0 Å². The standard InChI is InChI=1S/C15H20N4O2/c1-4-6-18-7-5-9(2)12-13(18)17-15-16-10(3)8-11(20)19(15)14(12)21/h5,7,10-11,20H,4,6,8H2,1-3H3/p+1. The van der Waals surface area contributed by atoms with Crippen LogP contribution >= 0.6 is 0 Å². The van der Waals surface area contributed by atoms with Gasteiger partial charge in [0.1, 0.15) is 11.6 Å². The van der Waals surface area contributed by atoms with Crippen molar-refractivity contribution in [3.63, 3.8) is 0 Å². The number of nitrogens with one attached hydrogen (secondary N) is 1. The van der Waals surface area contributed by atoms with Crippen LogP contribution in [-0.4, -0.2) is 20.7 Å². The van der Waals surface area contributed by atoms with Gasteiger partial charge in [-0.05, 0) is 36.9 Å². The molecule has 0 radical (unpaired) electrons. The second kappa shape index (κ2) is 5.11. The van der Waals surface area contributed by atoms with Gasteiger partial charge in [0.05, 0.1) is 12.7 Å². The Hall–Kier alpha value is -1.95. The summed E-state index contributed by atoms with van der Waals surface area (Å²) in [6, 6.07) is 2.02. The van der Waals surface area contributed by atoms with Crippen LogP contribution < -0.4 is 15.4 Å². The fourth-order valence-corrected chi connectivity index (χ4v) is 2.93. The lowest BCUT2D eigenvalue weighted by atomic mass is 10.1. The first-order valence-electron chi connectivity index (χ1n) is 7.42. The van der Waals surface area contributed by atoms with Crippen LogP contribution in [0.25, 0.3) is 11.0 Å². The molecule has 0 fully saturated rings. The summed E-state index contributed by atoms with van der Waals surface area (Å²) < 4.78 is 3.36. The molecular formula is C15H21N4O2+. The van der Waals surface area contributed by atoms with Crippen LogP contribution in [-0.2, 0) is 6.54 Å². The van der Waals surface area contributed by atoms with Crippen LogP contribution in [0.5, 0.6) is 0 Å². The summed E-state index contributed by atoms with van der Waals surface area (Å²) in [5.41, 5.74) is 1.39. The van der Waals surface area contributed by atoms with Crippen LogP contribution in [0.4, 0.5) is 5.95 Å². The van der Waals surface area contributed by atoms with Crippen molar-refractivity contribution in [2.45, 2.75) is 52.4 Å². The molecule has 0 aromatic carbocycles. The number of pyridine rings is 1. The Morgan fingerprint density at radius 2 is 2.33 bits per heavy atom. The number of rotatable bonds is 2. The van der Waals surface area contributed by atoms with Gasteiger partial charge >= 0.3 is 11.6 Å². The second-order valence-corrected chi connectivity index (χ2v) is 5.76. The van der Waals surface area contributed by atoms with Gasteiger partial charge in [-0.2, -0.15) is 0 Å². The summed E-state index contributed by atoms with van der Waals surface area (Å²) in [7, 11) is 0. The number of aliphatic hydroxyl groups is 1. The minimum atomic E-state index is -0.820. The Bertz CT molecular complexity index is 753. The zero-order valence-corrected chi connectivity index (χ0v) is 12.6. The summed E-state index contributed by atoms with van der Waals surface area (Å²) in [6.45, 7) is 6.78. The van der Waals surface area contributed by atoms with Crippen molar-refractivity contribution in [2.75, 3.05) is 5.32 Å². The third-order valence-corrected chi connectivity index (χ3v) is 3.97. The van der Waals surface area contributed by atoms with Crippen molar-refractivity contribution in [1.82, 2.24) is 9.55 Å². The molecular weight excluding hydrogens is 268 g/mol. The van der Waals surface area contributed by atoms with E-state index in [1.807, 2.05) is 30.7 Å². The Morgan fingerprint density at radius 3 is 3.05 bits per heavy atom. The number of hydrogen-bond acceptors (Lipinski definition) is 4. The lowest BCUT2D eigenvalue weighted by Crippen LogP contribution is -2.42. The maximum atomic E-state index is 12.8. The SMILES string of the molecule is CCC[n+]1ccc(C)c2c(=O)n3c(nc21)NC(C)CC3O. The van der Waals surface area contributed by atoms with Gasteiger partial charge in [0.25, 0.3) is 5.56 Å². The van der Waals surface area contributed by atoms with E-state index in [4.69, 9.17) is 0 Å². The van der Waals surface area contributed by atoms with Crippen LogP contribution in [0.1, 0.15) is 38.5 Å². The molecule has 0 spiro atoms. The third-order valence-electron chi connectivity index (χ3n) is 3.97. The molecule has 3 rings (SSSR count). The molecule has 0 saturated carbocycles. The highest BCUT2D eigenvalue weighted by Gasteiger charge is 2.30. The van der Waals surface area contributed by atoms with E-state index in [1.165, 1.54) is 4.57 Å². The first-order valence-corrected chi connectivity index (χ1v) is 7.42. The van der Waals surface area contributed by atoms with E-state index in [1.54, 1.807) is 0 Å². The van der Waals surface area contributed by atoms with E-state index in [2.05, 4.69) is 17.2 Å². The Labute approximate surface area is 123 Å². The molecule has 112 valence electrons. The van der Waals surface area contributed by atoms with Crippen LogP contribution in [0, 0.1) is 6.92 Å². The van der Waals surface area contributed by atoms with Crippen molar-refractivity contribution in [3.8, 4) is 0 Å². The van der Waals surface area contributed by atoms with Gasteiger partial charge < -0.3 is 10.4 Å². The molecule has 1 aliphatic rings. The van der Waals surface area contributed by atoms with Gasteiger partial charge in [-0.3, -0.25) is 4.79 Å². The number of aliphatic hydroxyl groups excluding tert-OH is 1. The number of anilines is 1. The molecule has 2 unspecified atom stereocenters. The largest absolute Gasteiger partial charge is 0.373 e. The molecule has 6 nitrogen and oxygen atoms in total. The van der Waals surface area contributed by atoms with Crippen molar-refractivity contribution in [3.05, 3.63) is 28.2 Å². The smallest absolute Gasteiger partial charge is 0.340 e. The van der Waals surface area contributed by atoms with E-state index in [-0.39, 0.29) is 11.6 Å². The molecule has 21 heavy (non-hydrogen) atoms. The van der Waals surface area contributed by atoms with Gasteiger partial charge in [0.2, 0.25) is 0 Å². The summed E-state index contributed by atoms with van der Waals surface area (Å²) >= 11 is 0. The molecule has 3 heterocycles. The lowest BCUT2D eigenvalue weighted by Gasteiger charge is -2.26. The normalized spacial score (nSPS) is 21.1. The highest BCUT2D eigenvalue weighted by atomic mass is 16.3. The van der Waals surface area contributed by atoms with Crippen molar-refractivity contribution < 1.29 is 9.67 Å². The molecule has 2 aromatic rings. The van der Waals surface area contributed by atoms with Gasteiger partial charge in [-0.15, -0.1) is 0 Å². The van der Waals surface area contributed by atoms with E-state index < -0.39 is 6.23 Å². The Kier molecular flexibility index (Phi) is 3.41. The number of hydrogen-bond donors (Lipinski definition) is 2. The molecule has 2 atom stereocenters. The summed E-state index contributed by atoms with van der Waals surface area (Å²) in [4.78, 5) is 17.4. The summed E-state index contributed by atoms with van der Waals surface area (Å²) in [5, 5.41) is 14.0. The summed E-state index contributed by atoms with van der Waals surface area (Å²) in [6.07, 6.45) is 2.61. The summed E-state index contributed by atoms with van der Waals surface area (Å²) in [5.74, 6) is 0.453. The molecule has 0 aliphatic carbocycles. The highest BCUT2D eigenvalue weighted by Crippen LogP contribution is 2.23. The minimum absolute atomic E-state index is 0.0915. The Balaban J connectivity index is 2.36. The predicted octanol–water partition coefficient (Wildman–Crippen LogP) is 1.10. The maximum absolute atomic E-state index is 12.8. The molecule has 2 N–H and O–H groups in total. The van der Waals surface area contributed by atoms with Crippen LogP contribution in [0.2, 0.25) is 0 Å².